The van der Waals surface area contributed by atoms with Gasteiger partial charge in [-0.15, -0.1) is 0 Å². The Morgan fingerprint density at radius 3 is 2.19 bits per heavy atom. The molecule has 0 aromatic heterocycles. The first-order valence-corrected chi connectivity index (χ1v) is 14.2. The maximum atomic E-state index is 13.7. The van der Waals surface area contributed by atoms with Crippen molar-refractivity contribution in [2.45, 2.75) is 52.2 Å². The van der Waals surface area contributed by atoms with Gasteiger partial charge < -0.3 is 15.0 Å². The van der Waals surface area contributed by atoms with Crippen LogP contribution < -0.4 is 14.4 Å². The summed E-state index contributed by atoms with van der Waals surface area (Å²) < 4.78 is 31.5. The number of nitrogens with zero attached hydrogens (tertiary/aromatic N) is 2. The smallest absolute Gasteiger partial charge is 0.244 e. The Labute approximate surface area is 223 Å². The van der Waals surface area contributed by atoms with E-state index in [-0.39, 0.29) is 18.5 Å². The van der Waals surface area contributed by atoms with Crippen LogP contribution in [0.1, 0.15) is 39.2 Å². The maximum Gasteiger partial charge on any atom is 0.244 e. The second-order valence-electron chi connectivity index (χ2n) is 8.47. The number of methoxy groups -OCH3 is 1. The summed E-state index contributed by atoms with van der Waals surface area (Å²) in [5.41, 5.74) is 0.882. The molecule has 0 saturated carbocycles. The summed E-state index contributed by atoms with van der Waals surface area (Å²) in [5, 5.41) is 3.70. The van der Waals surface area contributed by atoms with Gasteiger partial charge in [0.2, 0.25) is 21.8 Å². The summed E-state index contributed by atoms with van der Waals surface area (Å²) in [6.45, 7) is 5.12. The molecule has 2 rings (SSSR count). The predicted octanol–water partition coefficient (Wildman–Crippen LogP) is 4.49. The van der Waals surface area contributed by atoms with Crippen LogP contribution in [0.5, 0.6) is 5.75 Å². The molecule has 0 bridgehead atoms. The Morgan fingerprint density at radius 2 is 1.69 bits per heavy atom. The Balaban J connectivity index is 2.46. The van der Waals surface area contributed by atoms with Crippen molar-refractivity contribution in [2.24, 2.45) is 0 Å². The molecule has 2 amide bonds. The molecule has 198 valence electrons. The summed E-state index contributed by atoms with van der Waals surface area (Å²) in [6, 6.07) is 10.3. The van der Waals surface area contributed by atoms with E-state index >= 15 is 0 Å². The number of carbonyl (C=O) groups is 2. The van der Waals surface area contributed by atoms with Gasteiger partial charge in [-0.05, 0) is 61.7 Å². The summed E-state index contributed by atoms with van der Waals surface area (Å²) in [7, 11) is -2.33. The third-order valence-electron chi connectivity index (χ3n) is 5.78. The van der Waals surface area contributed by atoms with Crippen LogP contribution in [0.2, 0.25) is 10.0 Å². The second kappa shape index (κ2) is 13.2. The van der Waals surface area contributed by atoms with Crippen LogP contribution >= 0.6 is 23.2 Å². The molecule has 0 aliphatic carbocycles. The van der Waals surface area contributed by atoms with Gasteiger partial charge >= 0.3 is 0 Å². The number of carbonyl (C=O) groups excluding carboxylic acids is 2. The van der Waals surface area contributed by atoms with Gasteiger partial charge in [0.25, 0.3) is 0 Å². The largest absolute Gasteiger partial charge is 0.497 e. The standard InChI is InChI=1S/C25H33Cl2N3O5S/c1-6-17(3)28-25(32)23(7-2)29(15-18-8-9-19(26)14-22(18)27)24(31)16-30(36(5,33)34)20-10-12-21(35-4)13-11-20/h8-14,17,23H,6-7,15-16H2,1-5H3,(H,28,32)/t17-,23+/m1/s1. The van der Waals surface area contributed by atoms with E-state index in [0.717, 1.165) is 17.0 Å². The number of rotatable bonds is 12. The Bertz CT molecular complexity index is 1160. The Kier molecular flexibility index (Phi) is 10.9. The predicted molar refractivity (Wildman–Crippen MR) is 144 cm³/mol. The van der Waals surface area contributed by atoms with Crippen molar-refractivity contribution in [2.75, 3.05) is 24.2 Å². The molecule has 0 unspecified atom stereocenters. The molecular formula is C25H33Cl2N3O5S. The van der Waals surface area contributed by atoms with E-state index in [9.17, 15) is 18.0 Å². The molecule has 0 spiro atoms. The number of ether oxygens (including phenoxy) is 1. The fraction of sp³-hybridized carbons (Fsp3) is 0.440. The highest BCUT2D eigenvalue weighted by atomic mass is 35.5. The van der Waals surface area contributed by atoms with Crippen LogP contribution in [0, 0.1) is 0 Å². The van der Waals surface area contributed by atoms with E-state index in [1.54, 1.807) is 49.4 Å². The molecule has 0 aliphatic rings. The highest BCUT2D eigenvalue weighted by molar-refractivity contribution is 7.92. The van der Waals surface area contributed by atoms with E-state index in [4.69, 9.17) is 27.9 Å². The van der Waals surface area contributed by atoms with E-state index < -0.39 is 28.5 Å². The molecule has 0 aliphatic heterocycles. The highest BCUT2D eigenvalue weighted by Gasteiger charge is 2.32. The van der Waals surface area contributed by atoms with Crippen molar-refractivity contribution in [3.63, 3.8) is 0 Å². The van der Waals surface area contributed by atoms with Crippen LogP contribution in [-0.2, 0) is 26.2 Å². The van der Waals surface area contributed by atoms with E-state index in [0.29, 0.717) is 33.5 Å². The minimum Gasteiger partial charge on any atom is -0.497 e. The molecule has 0 fully saturated rings. The lowest BCUT2D eigenvalue weighted by Crippen LogP contribution is -2.53. The zero-order valence-electron chi connectivity index (χ0n) is 21.1. The quantitative estimate of drug-likeness (QED) is 0.414. The van der Waals surface area contributed by atoms with Gasteiger partial charge in [0.05, 0.1) is 19.1 Å². The second-order valence-corrected chi connectivity index (χ2v) is 11.2. The minimum absolute atomic E-state index is 0.00147. The van der Waals surface area contributed by atoms with Crippen molar-refractivity contribution in [3.8, 4) is 5.75 Å². The van der Waals surface area contributed by atoms with Gasteiger partial charge in [-0.1, -0.05) is 43.1 Å². The monoisotopic (exact) mass is 557 g/mol. The molecule has 8 nitrogen and oxygen atoms in total. The van der Waals surface area contributed by atoms with Gasteiger partial charge in [-0.2, -0.15) is 0 Å². The molecular weight excluding hydrogens is 525 g/mol. The molecule has 2 aromatic carbocycles. The summed E-state index contributed by atoms with van der Waals surface area (Å²) in [4.78, 5) is 28.2. The van der Waals surface area contributed by atoms with E-state index in [1.165, 1.54) is 12.0 Å². The minimum atomic E-state index is -3.83. The van der Waals surface area contributed by atoms with Crippen molar-refractivity contribution in [3.05, 3.63) is 58.1 Å². The number of sulfonamides is 1. The van der Waals surface area contributed by atoms with E-state index in [2.05, 4.69) is 5.32 Å². The molecule has 1 N–H and O–H groups in total. The number of benzene rings is 2. The van der Waals surface area contributed by atoms with Gasteiger partial charge in [-0.3, -0.25) is 13.9 Å². The number of amides is 2. The lowest BCUT2D eigenvalue weighted by Gasteiger charge is -2.33. The first kappa shape index (κ1) is 29.7. The molecule has 11 heteroatoms. The van der Waals surface area contributed by atoms with Crippen LogP contribution in [0.15, 0.2) is 42.5 Å². The van der Waals surface area contributed by atoms with E-state index in [1.807, 2.05) is 13.8 Å². The Morgan fingerprint density at radius 1 is 1.06 bits per heavy atom. The first-order valence-electron chi connectivity index (χ1n) is 11.6. The van der Waals surface area contributed by atoms with Crippen molar-refractivity contribution < 1.29 is 22.7 Å². The average molecular weight is 559 g/mol. The average Bonchev–Trinajstić information content (AvgIpc) is 2.82. The fourth-order valence-corrected chi connectivity index (χ4v) is 4.87. The fourth-order valence-electron chi connectivity index (χ4n) is 3.56. The summed E-state index contributed by atoms with van der Waals surface area (Å²) >= 11 is 12.4. The SMILES string of the molecule is CC[C@@H](C)NC(=O)[C@H](CC)N(Cc1ccc(Cl)cc1Cl)C(=O)CN(c1ccc(OC)cc1)S(C)(=O)=O. The molecule has 36 heavy (non-hydrogen) atoms. The molecule has 0 radical (unpaired) electrons. The van der Waals surface area contributed by atoms with Crippen LogP contribution in [0.3, 0.4) is 0 Å². The normalized spacial score (nSPS) is 13.0. The van der Waals surface area contributed by atoms with Crippen molar-refractivity contribution >= 4 is 50.7 Å². The third-order valence-corrected chi connectivity index (χ3v) is 7.51. The summed E-state index contributed by atoms with van der Waals surface area (Å²) in [6.07, 6.45) is 2.07. The number of halogens is 2. The topological polar surface area (TPSA) is 96.0 Å². The summed E-state index contributed by atoms with van der Waals surface area (Å²) in [5.74, 6) is -0.320. The highest BCUT2D eigenvalue weighted by Crippen LogP contribution is 2.25. The molecule has 0 saturated heterocycles. The van der Waals surface area contributed by atoms with Crippen LogP contribution in [0.4, 0.5) is 5.69 Å². The lowest BCUT2D eigenvalue weighted by atomic mass is 10.1. The number of anilines is 1. The lowest BCUT2D eigenvalue weighted by molar-refractivity contribution is -0.140. The van der Waals surface area contributed by atoms with Crippen LogP contribution in [0.25, 0.3) is 0 Å². The van der Waals surface area contributed by atoms with Crippen molar-refractivity contribution in [1.82, 2.24) is 10.2 Å². The zero-order valence-corrected chi connectivity index (χ0v) is 23.5. The molecule has 2 atom stereocenters. The number of nitrogens with one attached hydrogen (secondary N) is 1. The van der Waals surface area contributed by atoms with Gasteiger partial charge in [0.15, 0.2) is 0 Å². The first-order chi connectivity index (χ1) is 16.9. The third kappa shape index (κ3) is 8.01. The van der Waals surface area contributed by atoms with Gasteiger partial charge in [0.1, 0.15) is 18.3 Å². The maximum absolute atomic E-state index is 13.7. The Hall–Kier alpha value is -2.49. The number of hydrogen-bond acceptors (Lipinski definition) is 5. The van der Waals surface area contributed by atoms with Gasteiger partial charge in [-0.25, -0.2) is 8.42 Å². The molecule has 0 heterocycles. The zero-order chi connectivity index (χ0) is 27.0. The number of hydrogen-bond donors (Lipinski definition) is 1. The molecule has 2 aromatic rings. The van der Waals surface area contributed by atoms with Crippen molar-refractivity contribution in [1.29, 1.82) is 0 Å². The van der Waals surface area contributed by atoms with Crippen LogP contribution in [-0.4, -0.2) is 57.1 Å². The van der Waals surface area contributed by atoms with Gasteiger partial charge in [0, 0.05) is 22.6 Å².